The van der Waals surface area contributed by atoms with Crippen molar-refractivity contribution in [2.24, 2.45) is 0 Å². The van der Waals surface area contributed by atoms with E-state index >= 15 is 0 Å². The number of nitriles is 1. The largest absolute Gasteiger partial charge is 0.444 e. The Morgan fingerprint density at radius 2 is 1.89 bits per heavy atom. The highest BCUT2D eigenvalue weighted by Crippen LogP contribution is 2.49. The molecule has 2 saturated carbocycles. The zero-order chi connectivity index (χ0) is 27.3. The molecule has 1 aliphatic heterocycles. The standard InChI is InChI=1S/C24H28F3N5O4S/c1-22(2,3)36-20(35)30-13-4-6-14(7-5-13)32-21(37)31(19(34)23(32)9-8-18(23)33)15-10-16(24(25,26)27)17(11-28)29-12-15/h10,12-14,21,37H,4-9H2,1-3H3,(H,30,35). The van der Waals surface area contributed by atoms with Crippen LogP contribution in [0.2, 0.25) is 0 Å². The molecule has 1 spiro atoms. The number of thiol groups is 1. The second-order valence-electron chi connectivity index (χ2n) is 10.6. The maximum absolute atomic E-state index is 13.6. The average Bonchev–Trinajstić information content (AvgIpc) is 3.04. The Kier molecular flexibility index (Phi) is 6.96. The molecule has 1 N–H and O–H groups in total. The summed E-state index contributed by atoms with van der Waals surface area (Å²) in [7, 11) is 0. The summed E-state index contributed by atoms with van der Waals surface area (Å²) in [5.41, 5.74) is -5.38. The number of hydrogen-bond donors (Lipinski definition) is 2. The lowest BCUT2D eigenvalue weighted by Crippen LogP contribution is -2.65. The number of nitrogens with zero attached hydrogens (tertiary/aromatic N) is 4. The van der Waals surface area contributed by atoms with E-state index < -0.39 is 46.1 Å². The summed E-state index contributed by atoms with van der Waals surface area (Å²) in [5, 5.41) is 11.9. The van der Waals surface area contributed by atoms with Gasteiger partial charge in [0, 0.05) is 18.5 Å². The molecule has 4 rings (SSSR count). The molecule has 0 aromatic carbocycles. The van der Waals surface area contributed by atoms with Crippen molar-refractivity contribution in [2.75, 3.05) is 4.90 Å². The van der Waals surface area contributed by atoms with Crippen LogP contribution < -0.4 is 10.2 Å². The topological polar surface area (TPSA) is 116 Å². The zero-order valence-corrected chi connectivity index (χ0v) is 21.5. The van der Waals surface area contributed by atoms with Crippen molar-refractivity contribution < 1.29 is 32.3 Å². The van der Waals surface area contributed by atoms with E-state index in [9.17, 15) is 27.6 Å². The summed E-state index contributed by atoms with van der Waals surface area (Å²) in [6, 6.07) is 1.72. The van der Waals surface area contributed by atoms with Gasteiger partial charge < -0.3 is 10.1 Å². The Morgan fingerprint density at radius 3 is 2.38 bits per heavy atom. The Balaban J connectivity index is 1.57. The first kappa shape index (κ1) is 27.2. The van der Waals surface area contributed by atoms with Crippen molar-refractivity contribution in [1.29, 1.82) is 5.26 Å². The SMILES string of the molecule is CC(C)(C)OC(=O)NC1CCC(N2C(S)N(c3cnc(C#N)c(C(F)(F)F)c3)C(=O)C23CCC3=O)CC1. The van der Waals surface area contributed by atoms with Crippen molar-refractivity contribution in [3.05, 3.63) is 23.5 Å². The number of pyridine rings is 1. The van der Waals surface area contributed by atoms with Gasteiger partial charge in [0.15, 0.2) is 17.0 Å². The van der Waals surface area contributed by atoms with E-state index in [1.165, 1.54) is 6.07 Å². The third-order valence-corrected chi connectivity index (χ3v) is 7.52. The number of amides is 2. The van der Waals surface area contributed by atoms with E-state index in [1.54, 1.807) is 25.7 Å². The Labute approximate surface area is 217 Å². The number of ketones is 1. The van der Waals surface area contributed by atoms with Gasteiger partial charge >= 0.3 is 12.3 Å². The third kappa shape index (κ3) is 4.88. The number of hydrogen-bond acceptors (Lipinski definition) is 8. The quantitative estimate of drug-likeness (QED) is 0.444. The number of carbonyl (C=O) groups excluding carboxylic acids is 3. The number of alkyl carbamates (subject to hydrolysis) is 1. The summed E-state index contributed by atoms with van der Waals surface area (Å²) in [6.07, 6.45) is -1.73. The fourth-order valence-corrected chi connectivity index (χ4v) is 5.94. The maximum Gasteiger partial charge on any atom is 0.419 e. The van der Waals surface area contributed by atoms with E-state index in [1.807, 2.05) is 0 Å². The average molecular weight is 540 g/mol. The molecule has 2 heterocycles. The Morgan fingerprint density at radius 1 is 1.24 bits per heavy atom. The maximum atomic E-state index is 13.6. The van der Waals surface area contributed by atoms with Gasteiger partial charge in [0.1, 0.15) is 17.2 Å². The molecule has 2 atom stereocenters. The smallest absolute Gasteiger partial charge is 0.419 e. The van der Waals surface area contributed by atoms with Crippen molar-refractivity contribution >= 4 is 36.1 Å². The molecule has 9 nitrogen and oxygen atoms in total. The van der Waals surface area contributed by atoms with E-state index in [4.69, 9.17) is 10.00 Å². The van der Waals surface area contributed by atoms with Crippen LogP contribution in [0.5, 0.6) is 0 Å². The second-order valence-corrected chi connectivity index (χ2v) is 11.0. The van der Waals surface area contributed by atoms with Crippen LogP contribution in [0.15, 0.2) is 12.3 Å². The first-order valence-corrected chi connectivity index (χ1v) is 12.5. The van der Waals surface area contributed by atoms with Gasteiger partial charge in [0.05, 0.1) is 17.4 Å². The molecule has 0 bridgehead atoms. The normalized spacial score (nSPS) is 28.7. The van der Waals surface area contributed by atoms with Gasteiger partial charge in [0.25, 0.3) is 5.91 Å². The number of rotatable bonds is 3. The molecule has 0 radical (unpaired) electrons. The minimum atomic E-state index is -4.86. The van der Waals surface area contributed by atoms with Crippen molar-refractivity contribution in [2.45, 2.75) is 94.2 Å². The van der Waals surface area contributed by atoms with Crippen LogP contribution in [0.4, 0.5) is 23.7 Å². The van der Waals surface area contributed by atoms with Gasteiger partial charge in [-0.25, -0.2) is 9.78 Å². The van der Waals surface area contributed by atoms with Crippen LogP contribution >= 0.6 is 12.6 Å². The van der Waals surface area contributed by atoms with Gasteiger partial charge in [-0.2, -0.15) is 18.4 Å². The monoisotopic (exact) mass is 539 g/mol. The third-order valence-electron chi connectivity index (χ3n) is 7.04. The highest BCUT2D eigenvalue weighted by molar-refractivity contribution is 7.81. The predicted molar refractivity (Wildman–Crippen MR) is 128 cm³/mol. The molecule has 2 unspecified atom stereocenters. The molecular weight excluding hydrogens is 511 g/mol. The fourth-order valence-electron chi connectivity index (χ4n) is 5.31. The minimum absolute atomic E-state index is 0.149. The van der Waals surface area contributed by atoms with Crippen LogP contribution in [-0.2, 0) is 20.5 Å². The Bertz CT molecular complexity index is 1160. The summed E-state index contributed by atoms with van der Waals surface area (Å²) in [5.74, 6) is -0.942. The van der Waals surface area contributed by atoms with Crippen LogP contribution in [-0.4, -0.2) is 56.4 Å². The molecule has 200 valence electrons. The van der Waals surface area contributed by atoms with Gasteiger partial charge in [-0.05, 0) is 58.9 Å². The molecule has 37 heavy (non-hydrogen) atoms. The number of anilines is 1. The molecule has 3 aliphatic rings. The highest BCUT2D eigenvalue weighted by atomic mass is 32.1. The number of Topliss-reactive ketones (excluding diaryl/α,β-unsaturated/α-hetero) is 1. The number of alkyl halides is 3. The molecular formula is C24H28F3N5O4S. The molecule has 1 aromatic rings. The van der Waals surface area contributed by atoms with Crippen LogP contribution in [0, 0.1) is 11.3 Å². The van der Waals surface area contributed by atoms with Gasteiger partial charge in [-0.3, -0.25) is 19.4 Å². The lowest BCUT2D eigenvalue weighted by molar-refractivity contribution is -0.150. The van der Waals surface area contributed by atoms with Crippen LogP contribution in [0.1, 0.15) is 70.6 Å². The minimum Gasteiger partial charge on any atom is -0.444 e. The number of nitrogens with one attached hydrogen (secondary N) is 1. The summed E-state index contributed by atoms with van der Waals surface area (Å²) in [6.45, 7) is 5.30. The van der Waals surface area contributed by atoms with Crippen molar-refractivity contribution in [3.8, 4) is 6.07 Å². The van der Waals surface area contributed by atoms with Gasteiger partial charge in [0.2, 0.25) is 0 Å². The number of halogens is 3. The fraction of sp³-hybridized carbons (Fsp3) is 0.625. The molecule has 1 saturated heterocycles. The molecule has 3 fully saturated rings. The number of ether oxygens (including phenoxy) is 1. The van der Waals surface area contributed by atoms with Crippen LogP contribution in [0.25, 0.3) is 0 Å². The summed E-state index contributed by atoms with van der Waals surface area (Å²) in [4.78, 5) is 45.0. The molecule has 1 aromatic heterocycles. The summed E-state index contributed by atoms with van der Waals surface area (Å²) < 4.78 is 46.0. The van der Waals surface area contributed by atoms with Gasteiger partial charge in [-0.1, -0.05) is 0 Å². The zero-order valence-electron chi connectivity index (χ0n) is 20.6. The molecule has 2 aliphatic carbocycles. The summed E-state index contributed by atoms with van der Waals surface area (Å²) >= 11 is 4.60. The predicted octanol–water partition coefficient (Wildman–Crippen LogP) is 3.77. The lowest BCUT2D eigenvalue weighted by atomic mass is 9.72. The van der Waals surface area contributed by atoms with Crippen LogP contribution in [0.3, 0.4) is 0 Å². The first-order chi connectivity index (χ1) is 17.2. The first-order valence-electron chi connectivity index (χ1n) is 12.0. The highest BCUT2D eigenvalue weighted by Gasteiger charge is 2.67. The van der Waals surface area contributed by atoms with E-state index in [-0.39, 0.29) is 36.4 Å². The van der Waals surface area contributed by atoms with E-state index in [2.05, 4.69) is 22.9 Å². The Hall–Kier alpha value is -2.85. The second kappa shape index (κ2) is 9.47. The van der Waals surface area contributed by atoms with Gasteiger partial charge in [-0.15, -0.1) is 12.6 Å². The van der Waals surface area contributed by atoms with E-state index in [0.29, 0.717) is 31.7 Å². The van der Waals surface area contributed by atoms with E-state index in [0.717, 1.165) is 11.1 Å². The molecule has 13 heteroatoms. The lowest BCUT2D eigenvalue weighted by Gasteiger charge is -2.47. The van der Waals surface area contributed by atoms with Crippen molar-refractivity contribution in [3.63, 3.8) is 0 Å². The van der Waals surface area contributed by atoms with Crippen molar-refractivity contribution in [1.82, 2.24) is 15.2 Å². The number of carbonyl (C=O) groups is 3. The molecule has 2 amide bonds. The number of aromatic nitrogens is 1.